The summed E-state index contributed by atoms with van der Waals surface area (Å²) in [5, 5.41) is 6.46. The van der Waals surface area contributed by atoms with Crippen molar-refractivity contribution >= 4 is 34.2 Å². The fraction of sp³-hybridized carbons (Fsp3) is 0.105. The number of oxazole rings is 1. The first-order valence-corrected chi connectivity index (χ1v) is 8.14. The molecule has 130 valence electrons. The number of nitrogens with one attached hydrogen (secondary N) is 3. The number of rotatable bonds is 4. The Bertz CT molecular complexity index is 1150. The number of H-pyrrole nitrogens is 1. The topological polar surface area (TPSA) is 95.8 Å². The van der Waals surface area contributed by atoms with Crippen LogP contribution in [0.25, 0.3) is 11.1 Å². The van der Waals surface area contributed by atoms with Crippen molar-refractivity contribution in [3.8, 4) is 0 Å². The van der Waals surface area contributed by atoms with Gasteiger partial charge in [-0.25, -0.2) is 9.78 Å². The van der Waals surface area contributed by atoms with E-state index >= 15 is 0 Å². The van der Waals surface area contributed by atoms with E-state index in [1.165, 1.54) is 0 Å². The minimum atomic E-state index is -0.472. The largest absolute Gasteiger partial charge is 0.417 e. The van der Waals surface area contributed by atoms with Gasteiger partial charge in [-0.2, -0.15) is 4.98 Å². The van der Waals surface area contributed by atoms with Crippen LogP contribution < -0.4 is 16.4 Å². The molecule has 0 atom stereocenters. The van der Waals surface area contributed by atoms with Gasteiger partial charge < -0.3 is 15.1 Å². The maximum Gasteiger partial charge on any atom is 0.417 e. The number of aryl methyl sites for hydroxylation is 2. The van der Waals surface area contributed by atoms with Crippen molar-refractivity contribution in [2.45, 2.75) is 13.8 Å². The second-order valence-electron chi connectivity index (χ2n) is 6.07. The summed E-state index contributed by atoms with van der Waals surface area (Å²) >= 11 is 0. The molecule has 4 aromatic rings. The van der Waals surface area contributed by atoms with Gasteiger partial charge in [-0.15, -0.1) is 0 Å². The maximum atomic E-state index is 11.3. The van der Waals surface area contributed by atoms with Crippen LogP contribution in [0.1, 0.15) is 11.1 Å². The van der Waals surface area contributed by atoms with Gasteiger partial charge in [0.15, 0.2) is 5.58 Å². The maximum absolute atomic E-state index is 11.3. The molecule has 2 heterocycles. The van der Waals surface area contributed by atoms with Crippen LogP contribution in [0.2, 0.25) is 0 Å². The van der Waals surface area contributed by atoms with E-state index in [1.54, 1.807) is 18.3 Å². The molecule has 26 heavy (non-hydrogen) atoms. The molecule has 0 bridgehead atoms. The molecule has 2 aromatic heterocycles. The Hall–Kier alpha value is -3.61. The van der Waals surface area contributed by atoms with Crippen LogP contribution >= 0.6 is 0 Å². The lowest BCUT2D eigenvalue weighted by molar-refractivity contribution is 0.555. The Balaban J connectivity index is 1.61. The van der Waals surface area contributed by atoms with Crippen molar-refractivity contribution in [1.29, 1.82) is 0 Å². The predicted molar refractivity (Wildman–Crippen MR) is 101 cm³/mol. The number of aromatic amines is 1. The van der Waals surface area contributed by atoms with Gasteiger partial charge in [0.2, 0.25) is 5.95 Å². The van der Waals surface area contributed by atoms with E-state index < -0.39 is 5.76 Å². The zero-order valence-corrected chi connectivity index (χ0v) is 14.3. The Morgan fingerprint density at radius 1 is 1.04 bits per heavy atom. The summed E-state index contributed by atoms with van der Waals surface area (Å²) in [6, 6.07) is 13.4. The SMILES string of the molecule is Cc1cccc(Nc2ncc(C)c(Nc3ccc4oc(=O)[nH]c4c3)n2)c1. The lowest BCUT2D eigenvalue weighted by Gasteiger charge is -2.11. The van der Waals surface area contributed by atoms with Crippen molar-refractivity contribution < 1.29 is 4.42 Å². The molecule has 7 heteroatoms. The summed E-state index contributed by atoms with van der Waals surface area (Å²) in [4.78, 5) is 22.8. The van der Waals surface area contributed by atoms with E-state index in [9.17, 15) is 4.79 Å². The van der Waals surface area contributed by atoms with Crippen LogP contribution in [0, 0.1) is 13.8 Å². The number of fused-ring (bicyclic) bond motifs is 1. The van der Waals surface area contributed by atoms with E-state index in [-0.39, 0.29) is 0 Å². The van der Waals surface area contributed by atoms with Crippen molar-refractivity contribution in [2.75, 3.05) is 10.6 Å². The first-order valence-electron chi connectivity index (χ1n) is 8.14. The molecule has 0 saturated heterocycles. The number of nitrogens with zero attached hydrogens (tertiary/aromatic N) is 2. The van der Waals surface area contributed by atoms with Crippen LogP contribution in [0.5, 0.6) is 0 Å². The highest BCUT2D eigenvalue weighted by Crippen LogP contribution is 2.23. The minimum absolute atomic E-state index is 0.472. The lowest BCUT2D eigenvalue weighted by Crippen LogP contribution is -2.03. The van der Waals surface area contributed by atoms with Crippen LogP contribution in [0.15, 0.2) is 57.9 Å². The van der Waals surface area contributed by atoms with Gasteiger partial charge >= 0.3 is 5.76 Å². The van der Waals surface area contributed by atoms with Gasteiger partial charge in [-0.05, 0) is 49.7 Å². The van der Waals surface area contributed by atoms with E-state index in [0.717, 1.165) is 22.5 Å². The van der Waals surface area contributed by atoms with Gasteiger partial charge in [0.1, 0.15) is 5.82 Å². The molecule has 2 aromatic carbocycles. The second-order valence-corrected chi connectivity index (χ2v) is 6.07. The average molecular weight is 347 g/mol. The number of benzene rings is 2. The lowest BCUT2D eigenvalue weighted by atomic mass is 10.2. The van der Waals surface area contributed by atoms with Gasteiger partial charge in [-0.1, -0.05) is 12.1 Å². The summed E-state index contributed by atoms with van der Waals surface area (Å²) < 4.78 is 5.02. The second kappa shape index (κ2) is 6.36. The zero-order chi connectivity index (χ0) is 18.1. The fourth-order valence-electron chi connectivity index (χ4n) is 2.65. The summed E-state index contributed by atoms with van der Waals surface area (Å²) in [7, 11) is 0. The monoisotopic (exact) mass is 347 g/mol. The highest BCUT2D eigenvalue weighted by molar-refractivity contribution is 5.78. The molecule has 3 N–H and O–H groups in total. The molecule has 0 radical (unpaired) electrons. The van der Waals surface area contributed by atoms with Gasteiger partial charge in [0, 0.05) is 23.1 Å². The van der Waals surface area contributed by atoms with Crippen molar-refractivity contribution in [3.05, 3.63) is 70.3 Å². The van der Waals surface area contributed by atoms with Crippen LogP contribution in [0.4, 0.5) is 23.1 Å². The van der Waals surface area contributed by atoms with E-state index in [2.05, 4.69) is 25.6 Å². The van der Waals surface area contributed by atoms with Crippen molar-refractivity contribution in [3.63, 3.8) is 0 Å². The third kappa shape index (κ3) is 3.27. The Morgan fingerprint density at radius 2 is 1.88 bits per heavy atom. The van der Waals surface area contributed by atoms with Gasteiger partial charge in [-0.3, -0.25) is 4.98 Å². The van der Waals surface area contributed by atoms with Crippen LogP contribution in [0.3, 0.4) is 0 Å². The molecular weight excluding hydrogens is 330 g/mol. The molecule has 0 saturated carbocycles. The third-order valence-corrected chi connectivity index (χ3v) is 3.93. The van der Waals surface area contributed by atoms with E-state index in [0.29, 0.717) is 22.9 Å². The predicted octanol–water partition coefficient (Wildman–Crippen LogP) is 4.02. The van der Waals surface area contributed by atoms with E-state index in [4.69, 9.17) is 4.42 Å². The number of hydrogen-bond donors (Lipinski definition) is 3. The molecule has 0 aliphatic carbocycles. The van der Waals surface area contributed by atoms with Gasteiger partial charge in [0.25, 0.3) is 0 Å². The minimum Gasteiger partial charge on any atom is -0.408 e. The molecule has 0 spiro atoms. The third-order valence-electron chi connectivity index (χ3n) is 3.93. The Kier molecular flexibility index (Phi) is 3.89. The smallest absolute Gasteiger partial charge is 0.408 e. The fourth-order valence-corrected chi connectivity index (χ4v) is 2.65. The summed E-state index contributed by atoms with van der Waals surface area (Å²) in [6.07, 6.45) is 1.76. The van der Waals surface area contributed by atoms with Crippen molar-refractivity contribution in [1.82, 2.24) is 15.0 Å². The first kappa shape index (κ1) is 15.9. The molecule has 0 aliphatic rings. The molecule has 7 nitrogen and oxygen atoms in total. The van der Waals surface area contributed by atoms with Crippen LogP contribution in [-0.4, -0.2) is 15.0 Å². The van der Waals surface area contributed by atoms with Crippen molar-refractivity contribution in [2.24, 2.45) is 0 Å². The first-order chi connectivity index (χ1) is 12.6. The number of hydrogen-bond acceptors (Lipinski definition) is 6. The summed E-state index contributed by atoms with van der Waals surface area (Å²) in [6.45, 7) is 3.96. The normalized spacial score (nSPS) is 10.8. The number of anilines is 4. The highest BCUT2D eigenvalue weighted by atomic mass is 16.4. The summed E-state index contributed by atoms with van der Waals surface area (Å²) in [5.41, 5.74) is 4.92. The molecule has 0 fully saturated rings. The molecule has 4 rings (SSSR count). The molecule has 0 amide bonds. The molecule has 0 aliphatic heterocycles. The standard InChI is InChI=1S/C19H17N5O2/c1-11-4-3-5-13(8-11)22-18-20-10-12(2)17(24-18)21-14-6-7-16-15(9-14)23-19(25)26-16/h3-10H,1-2H3,(H,23,25)(H2,20,21,22,24). The summed E-state index contributed by atoms with van der Waals surface area (Å²) in [5.74, 6) is 0.710. The quantitative estimate of drug-likeness (QED) is 0.516. The molecule has 0 unspecified atom stereocenters. The van der Waals surface area contributed by atoms with E-state index in [1.807, 2.05) is 44.2 Å². The van der Waals surface area contributed by atoms with Crippen LogP contribution in [-0.2, 0) is 0 Å². The highest BCUT2D eigenvalue weighted by Gasteiger charge is 2.07. The average Bonchev–Trinajstić information content (AvgIpc) is 2.97. The molecular formula is C19H17N5O2. The Morgan fingerprint density at radius 3 is 2.73 bits per heavy atom. The van der Waals surface area contributed by atoms with Gasteiger partial charge in [0.05, 0.1) is 5.52 Å². The zero-order valence-electron chi connectivity index (χ0n) is 14.3. The Labute approximate surface area is 149 Å². The number of aromatic nitrogens is 3.